The number of ether oxygens (including phenoxy) is 1. The third kappa shape index (κ3) is 9.65. The lowest BCUT2D eigenvalue weighted by Gasteiger charge is -2.19. The molecule has 0 saturated heterocycles. The number of carbonyl (C=O) groups is 1. The minimum absolute atomic E-state index is 0.217. The number of aliphatic carboxylic acids is 1. The van der Waals surface area contributed by atoms with E-state index in [2.05, 4.69) is 0 Å². The van der Waals surface area contributed by atoms with Crippen molar-refractivity contribution < 1.29 is 19.7 Å². The first-order valence-corrected chi connectivity index (χ1v) is 5.13. The Morgan fingerprint density at radius 3 is 2.67 bits per heavy atom. The summed E-state index contributed by atoms with van der Waals surface area (Å²) in [5.41, 5.74) is 0. The molecule has 0 bridgehead atoms. The molecule has 0 rings (SSSR count). The highest BCUT2D eigenvalue weighted by atomic mass is 16.5. The Kier molecular flexibility index (Phi) is 8.27. The van der Waals surface area contributed by atoms with Crippen LogP contribution in [0.25, 0.3) is 0 Å². The molecule has 1 unspecified atom stereocenters. The van der Waals surface area contributed by atoms with E-state index in [1.807, 2.05) is 11.9 Å². The molecule has 0 saturated carbocycles. The van der Waals surface area contributed by atoms with Crippen LogP contribution in [0.3, 0.4) is 0 Å². The molecule has 0 aliphatic rings. The second kappa shape index (κ2) is 8.64. The van der Waals surface area contributed by atoms with Crippen LogP contribution >= 0.6 is 0 Å². The van der Waals surface area contributed by atoms with Crippen LogP contribution in [0.4, 0.5) is 0 Å². The topological polar surface area (TPSA) is 70.0 Å². The van der Waals surface area contributed by atoms with E-state index >= 15 is 0 Å². The van der Waals surface area contributed by atoms with E-state index in [4.69, 9.17) is 9.84 Å². The molecule has 0 fully saturated rings. The molecule has 0 heterocycles. The number of nitrogens with zero attached hydrogens (tertiary/aromatic N) is 1. The van der Waals surface area contributed by atoms with E-state index in [1.54, 1.807) is 7.11 Å². The average molecular weight is 219 g/mol. The predicted molar refractivity (Wildman–Crippen MR) is 56.9 cm³/mol. The van der Waals surface area contributed by atoms with Gasteiger partial charge in [-0.2, -0.15) is 0 Å². The van der Waals surface area contributed by atoms with Crippen molar-refractivity contribution in [3.63, 3.8) is 0 Å². The molecule has 0 spiro atoms. The fourth-order valence-corrected chi connectivity index (χ4v) is 1.35. The van der Waals surface area contributed by atoms with Gasteiger partial charge >= 0.3 is 5.97 Å². The minimum Gasteiger partial charge on any atom is -0.481 e. The number of carboxylic acid groups (broad SMARTS) is 1. The molecule has 0 amide bonds. The quantitative estimate of drug-likeness (QED) is 0.541. The molecule has 5 heteroatoms. The molecule has 2 N–H and O–H groups in total. The van der Waals surface area contributed by atoms with Gasteiger partial charge in [0.15, 0.2) is 0 Å². The highest BCUT2D eigenvalue weighted by Crippen LogP contribution is 1.98. The first kappa shape index (κ1) is 14.3. The third-order valence-corrected chi connectivity index (χ3v) is 2.06. The van der Waals surface area contributed by atoms with Gasteiger partial charge in [0.25, 0.3) is 0 Å². The van der Waals surface area contributed by atoms with E-state index < -0.39 is 12.1 Å². The second-order valence-electron chi connectivity index (χ2n) is 3.72. The molecule has 0 radical (unpaired) electrons. The zero-order chi connectivity index (χ0) is 11.7. The first-order valence-electron chi connectivity index (χ1n) is 5.13. The maximum absolute atomic E-state index is 10.2. The van der Waals surface area contributed by atoms with Gasteiger partial charge in [0.05, 0.1) is 12.7 Å². The highest BCUT2D eigenvalue weighted by molar-refractivity contribution is 5.66. The van der Waals surface area contributed by atoms with Crippen molar-refractivity contribution in [1.29, 1.82) is 0 Å². The summed E-state index contributed by atoms with van der Waals surface area (Å²) in [5.74, 6) is -0.753. The Morgan fingerprint density at radius 2 is 2.13 bits per heavy atom. The van der Waals surface area contributed by atoms with Gasteiger partial charge in [-0.25, -0.2) is 0 Å². The standard InChI is InChI=1S/C10H21NO4/c1-11(7-9(12)8-15-2)6-4-3-5-10(13)14/h9,12H,3-8H2,1-2H3,(H,13,14). The summed E-state index contributed by atoms with van der Waals surface area (Å²) in [6.07, 6.45) is 1.26. The lowest BCUT2D eigenvalue weighted by Crippen LogP contribution is -2.32. The van der Waals surface area contributed by atoms with Gasteiger partial charge in [-0.15, -0.1) is 0 Å². The van der Waals surface area contributed by atoms with Gasteiger partial charge in [0.1, 0.15) is 0 Å². The van der Waals surface area contributed by atoms with E-state index in [-0.39, 0.29) is 6.42 Å². The number of rotatable bonds is 9. The van der Waals surface area contributed by atoms with Crippen molar-refractivity contribution in [3.05, 3.63) is 0 Å². The number of aliphatic hydroxyl groups excluding tert-OH is 1. The molecule has 90 valence electrons. The summed E-state index contributed by atoms with van der Waals surface area (Å²) >= 11 is 0. The Labute approximate surface area is 90.6 Å². The predicted octanol–water partition coefficient (Wildman–Crippen LogP) is 0.180. The van der Waals surface area contributed by atoms with E-state index in [0.717, 1.165) is 13.0 Å². The van der Waals surface area contributed by atoms with E-state index in [9.17, 15) is 9.90 Å². The van der Waals surface area contributed by atoms with E-state index in [0.29, 0.717) is 19.6 Å². The Balaban J connectivity index is 3.40. The van der Waals surface area contributed by atoms with Crippen LogP contribution in [0, 0.1) is 0 Å². The number of methoxy groups -OCH3 is 1. The molecular weight excluding hydrogens is 198 g/mol. The van der Waals surface area contributed by atoms with Gasteiger partial charge in [0.2, 0.25) is 0 Å². The number of carboxylic acids is 1. The summed E-state index contributed by atoms with van der Waals surface area (Å²) in [6, 6.07) is 0. The van der Waals surface area contributed by atoms with Gasteiger partial charge in [-0.1, -0.05) is 0 Å². The largest absolute Gasteiger partial charge is 0.481 e. The molecular formula is C10H21NO4. The van der Waals surface area contributed by atoms with Crippen LogP contribution in [-0.2, 0) is 9.53 Å². The van der Waals surface area contributed by atoms with Crippen LogP contribution in [0.15, 0.2) is 0 Å². The summed E-state index contributed by atoms with van der Waals surface area (Å²) in [4.78, 5) is 12.2. The number of unbranched alkanes of at least 4 members (excludes halogenated alkanes) is 1. The SMILES string of the molecule is COCC(O)CN(C)CCCCC(=O)O. The van der Waals surface area contributed by atoms with Gasteiger partial charge in [0, 0.05) is 20.1 Å². The molecule has 15 heavy (non-hydrogen) atoms. The van der Waals surface area contributed by atoms with Gasteiger partial charge in [-0.05, 0) is 26.4 Å². The van der Waals surface area contributed by atoms with Crippen LogP contribution in [0.1, 0.15) is 19.3 Å². The Morgan fingerprint density at radius 1 is 1.47 bits per heavy atom. The van der Waals surface area contributed by atoms with Crippen molar-refractivity contribution >= 4 is 5.97 Å². The fourth-order valence-electron chi connectivity index (χ4n) is 1.35. The van der Waals surface area contributed by atoms with Crippen molar-refractivity contribution in [2.24, 2.45) is 0 Å². The summed E-state index contributed by atoms with van der Waals surface area (Å²) in [6.45, 7) is 1.69. The molecule has 0 aliphatic carbocycles. The highest BCUT2D eigenvalue weighted by Gasteiger charge is 2.07. The van der Waals surface area contributed by atoms with Crippen molar-refractivity contribution in [1.82, 2.24) is 4.90 Å². The lowest BCUT2D eigenvalue weighted by atomic mass is 10.2. The van der Waals surface area contributed by atoms with Gasteiger partial charge in [-0.3, -0.25) is 4.79 Å². The maximum Gasteiger partial charge on any atom is 0.303 e. The van der Waals surface area contributed by atoms with Crippen LogP contribution in [0.2, 0.25) is 0 Å². The van der Waals surface area contributed by atoms with Gasteiger partial charge < -0.3 is 19.8 Å². The molecule has 0 aromatic carbocycles. The fraction of sp³-hybridized carbons (Fsp3) is 0.900. The van der Waals surface area contributed by atoms with Crippen molar-refractivity contribution in [2.75, 3.05) is 33.9 Å². The number of aliphatic hydroxyl groups is 1. The van der Waals surface area contributed by atoms with Crippen LogP contribution in [0.5, 0.6) is 0 Å². The average Bonchev–Trinajstić information content (AvgIpc) is 2.12. The summed E-state index contributed by atoms with van der Waals surface area (Å²) in [5, 5.41) is 17.8. The summed E-state index contributed by atoms with van der Waals surface area (Å²) < 4.78 is 4.81. The zero-order valence-electron chi connectivity index (χ0n) is 9.48. The molecule has 5 nitrogen and oxygen atoms in total. The Hall–Kier alpha value is -0.650. The lowest BCUT2D eigenvalue weighted by molar-refractivity contribution is -0.137. The third-order valence-electron chi connectivity index (χ3n) is 2.06. The Bertz CT molecular complexity index is 175. The van der Waals surface area contributed by atoms with Crippen LogP contribution < -0.4 is 0 Å². The zero-order valence-corrected chi connectivity index (χ0v) is 9.48. The smallest absolute Gasteiger partial charge is 0.303 e. The molecule has 0 aliphatic heterocycles. The van der Waals surface area contributed by atoms with E-state index in [1.165, 1.54) is 0 Å². The molecule has 1 atom stereocenters. The number of hydrogen-bond donors (Lipinski definition) is 2. The number of likely N-dealkylation sites (N-methyl/N-ethyl adjacent to an activating group) is 1. The minimum atomic E-state index is -0.753. The first-order chi connectivity index (χ1) is 7.06. The molecule has 0 aromatic rings. The second-order valence-corrected chi connectivity index (χ2v) is 3.72. The molecule has 0 aromatic heterocycles. The van der Waals surface area contributed by atoms with Crippen molar-refractivity contribution in [3.8, 4) is 0 Å². The normalized spacial score (nSPS) is 13.1. The maximum atomic E-state index is 10.2. The van der Waals surface area contributed by atoms with Crippen molar-refractivity contribution in [2.45, 2.75) is 25.4 Å². The monoisotopic (exact) mass is 219 g/mol. The number of hydrogen-bond acceptors (Lipinski definition) is 4. The van der Waals surface area contributed by atoms with Crippen LogP contribution in [-0.4, -0.2) is 61.0 Å². The summed E-state index contributed by atoms with van der Waals surface area (Å²) in [7, 11) is 3.45.